The van der Waals surface area contributed by atoms with Crippen molar-refractivity contribution in [1.29, 1.82) is 5.26 Å². The first-order valence-corrected chi connectivity index (χ1v) is 6.50. The lowest BCUT2D eigenvalue weighted by atomic mass is 9.99. The molecule has 1 saturated heterocycles. The number of piperazine rings is 1. The molecule has 0 aromatic heterocycles. The third kappa shape index (κ3) is 2.58. The van der Waals surface area contributed by atoms with E-state index < -0.39 is 4.92 Å². The van der Waals surface area contributed by atoms with E-state index in [1.165, 1.54) is 6.07 Å². The van der Waals surface area contributed by atoms with Gasteiger partial charge >= 0.3 is 0 Å². The Kier molecular flexibility index (Phi) is 3.64. The van der Waals surface area contributed by atoms with Crippen molar-refractivity contribution >= 4 is 11.4 Å². The third-order valence-corrected chi connectivity index (χ3v) is 3.98. The van der Waals surface area contributed by atoms with E-state index in [9.17, 15) is 10.1 Å². The summed E-state index contributed by atoms with van der Waals surface area (Å²) in [5, 5.41) is 19.9. The molecule has 1 aromatic rings. The number of hydrogen-bond donors (Lipinski definition) is 0. The fraction of sp³-hybridized carbons (Fsp3) is 0.500. The van der Waals surface area contributed by atoms with Crippen LogP contribution in [0.3, 0.4) is 0 Å². The van der Waals surface area contributed by atoms with Crippen LogP contribution in [0, 0.1) is 21.4 Å². The molecule has 1 aliphatic rings. The highest BCUT2D eigenvalue weighted by Crippen LogP contribution is 2.28. The average molecular weight is 274 g/mol. The van der Waals surface area contributed by atoms with Gasteiger partial charge < -0.3 is 4.90 Å². The smallest absolute Gasteiger partial charge is 0.287 e. The molecule has 0 bridgehead atoms. The van der Waals surface area contributed by atoms with Crippen molar-refractivity contribution in [2.75, 3.05) is 31.6 Å². The van der Waals surface area contributed by atoms with Gasteiger partial charge in [-0.3, -0.25) is 15.0 Å². The van der Waals surface area contributed by atoms with Gasteiger partial charge in [0.1, 0.15) is 11.6 Å². The highest BCUT2D eigenvalue weighted by atomic mass is 16.6. The standard InChI is InChI=1S/C14H18N4O2/c1-14(2)10-17(7-6-16(14)3)12-4-5-13(18(19)20)11(8-12)9-15/h4-5,8H,6-7,10H2,1-3H3. The Hall–Kier alpha value is -2.13. The zero-order valence-corrected chi connectivity index (χ0v) is 12.0. The molecule has 0 amide bonds. The van der Waals surface area contributed by atoms with Gasteiger partial charge in [-0.25, -0.2) is 0 Å². The maximum Gasteiger partial charge on any atom is 0.287 e. The van der Waals surface area contributed by atoms with E-state index in [1.54, 1.807) is 12.1 Å². The van der Waals surface area contributed by atoms with Crippen LogP contribution in [0.2, 0.25) is 0 Å². The largest absolute Gasteiger partial charge is 0.368 e. The van der Waals surface area contributed by atoms with Crippen molar-refractivity contribution in [3.8, 4) is 6.07 Å². The van der Waals surface area contributed by atoms with Gasteiger partial charge in [0.15, 0.2) is 0 Å². The Balaban J connectivity index is 2.31. The lowest BCUT2D eigenvalue weighted by Gasteiger charge is -2.46. The van der Waals surface area contributed by atoms with Gasteiger partial charge in [0, 0.05) is 36.9 Å². The number of rotatable bonds is 2. The van der Waals surface area contributed by atoms with Gasteiger partial charge in [0.05, 0.1) is 4.92 Å². The molecule has 1 aliphatic heterocycles. The van der Waals surface area contributed by atoms with Crippen molar-refractivity contribution in [3.05, 3.63) is 33.9 Å². The van der Waals surface area contributed by atoms with Crippen molar-refractivity contribution in [2.24, 2.45) is 0 Å². The third-order valence-electron chi connectivity index (χ3n) is 3.98. The molecule has 1 heterocycles. The van der Waals surface area contributed by atoms with Gasteiger partial charge in [0.25, 0.3) is 5.69 Å². The Bertz CT molecular complexity index is 577. The summed E-state index contributed by atoms with van der Waals surface area (Å²) in [6.45, 7) is 6.92. The number of hydrogen-bond acceptors (Lipinski definition) is 5. The van der Waals surface area contributed by atoms with Crippen molar-refractivity contribution < 1.29 is 4.92 Å². The Morgan fingerprint density at radius 1 is 1.40 bits per heavy atom. The van der Waals surface area contributed by atoms with Gasteiger partial charge in [-0.1, -0.05) is 0 Å². The van der Waals surface area contributed by atoms with E-state index in [0.717, 1.165) is 25.3 Å². The first-order chi connectivity index (χ1) is 9.35. The molecule has 0 spiro atoms. The fourth-order valence-electron chi connectivity index (χ4n) is 2.43. The minimum atomic E-state index is -0.518. The van der Waals surface area contributed by atoms with E-state index in [2.05, 4.69) is 30.7 Å². The number of likely N-dealkylation sites (N-methyl/N-ethyl adjacent to an activating group) is 1. The van der Waals surface area contributed by atoms with E-state index in [0.29, 0.717) is 0 Å². The average Bonchev–Trinajstić information content (AvgIpc) is 2.40. The zero-order valence-electron chi connectivity index (χ0n) is 12.0. The lowest BCUT2D eigenvalue weighted by molar-refractivity contribution is -0.385. The van der Waals surface area contributed by atoms with E-state index in [4.69, 9.17) is 5.26 Å². The molecule has 0 radical (unpaired) electrons. The first kappa shape index (κ1) is 14.3. The summed E-state index contributed by atoms with van der Waals surface area (Å²) in [5.74, 6) is 0. The molecule has 20 heavy (non-hydrogen) atoms. The molecule has 0 aliphatic carbocycles. The van der Waals surface area contributed by atoms with Crippen LogP contribution in [0.4, 0.5) is 11.4 Å². The number of nitrogens with zero attached hydrogens (tertiary/aromatic N) is 4. The molecule has 0 N–H and O–H groups in total. The zero-order chi connectivity index (χ0) is 14.9. The maximum atomic E-state index is 10.8. The van der Waals surface area contributed by atoms with Crippen molar-refractivity contribution in [2.45, 2.75) is 19.4 Å². The lowest BCUT2D eigenvalue weighted by Crippen LogP contribution is -2.57. The second kappa shape index (κ2) is 5.10. The summed E-state index contributed by atoms with van der Waals surface area (Å²) in [6.07, 6.45) is 0. The number of nitro benzene ring substituents is 1. The predicted octanol–water partition coefficient (Wildman–Crippen LogP) is 2.00. The van der Waals surface area contributed by atoms with Gasteiger partial charge in [0.2, 0.25) is 0 Å². The van der Waals surface area contributed by atoms with E-state index >= 15 is 0 Å². The normalized spacial score (nSPS) is 18.6. The summed E-state index contributed by atoms with van der Waals surface area (Å²) in [4.78, 5) is 14.8. The molecular weight excluding hydrogens is 256 g/mol. The Labute approximate surface area is 118 Å². The Morgan fingerprint density at radius 2 is 2.10 bits per heavy atom. The number of anilines is 1. The van der Waals surface area contributed by atoms with Crippen LogP contribution in [0.15, 0.2) is 18.2 Å². The fourth-order valence-corrected chi connectivity index (χ4v) is 2.43. The van der Waals surface area contributed by atoms with Crippen molar-refractivity contribution in [1.82, 2.24) is 4.90 Å². The monoisotopic (exact) mass is 274 g/mol. The molecule has 1 fully saturated rings. The van der Waals surface area contributed by atoms with Gasteiger partial charge in [-0.05, 0) is 33.0 Å². The summed E-state index contributed by atoms with van der Waals surface area (Å²) < 4.78 is 0. The second-order valence-electron chi connectivity index (χ2n) is 5.73. The number of benzene rings is 1. The minimum Gasteiger partial charge on any atom is -0.368 e. The second-order valence-corrected chi connectivity index (χ2v) is 5.73. The summed E-state index contributed by atoms with van der Waals surface area (Å²) >= 11 is 0. The van der Waals surface area contributed by atoms with Crippen LogP contribution in [0.1, 0.15) is 19.4 Å². The van der Waals surface area contributed by atoms with E-state index in [1.807, 2.05) is 6.07 Å². The van der Waals surface area contributed by atoms with Gasteiger partial charge in [-0.2, -0.15) is 5.26 Å². The maximum absolute atomic E-state index is 10.8. The molecule has 0 unspecified atom stereocenters. The quantitative estimate of drug-likeness (QED) is 0.609. The Morgan fingerprint density at radius 3 is 2.65 bits per heavy atom. The molecule has 0 saturated carbocycles. The van der Waals surface area contributed by atoms with Crippen LogP contribution < -0.4 is 4.90 Å². The SMILES string of the molecule is CN1CCN(c2ccc([N+](=O)[O-])c(C#N)c2)CC1(C)C. The van der Waals surface area contributed by atoms with Crippen LogP contribution >= 0.6 is 0 Å². The highest BCUT2D eigenvalue weighted by molar-refractivity contribution is 5.60. The molecule has 2 rings (SSSR count). The van der Waals surface area contributed by atoms with Crippen LogP contribution in [-0.4, -0.2) is 42.0 Å². The summed E-state index contributed by atoms with van der Waals surface area (Å²) in [5.41, 5.74) is 0.884. The predicted molar refractivity (Wildman–Crippen MR) is 76.7 cm³/mol. The van der Waals surface area contributed by atoms with Gasteiger partial charge in [-0.15, -0.1) is 0 Å². The molecular formula is C14H18N4O2. The highest BCUT2D eigenvalue weighted by Gasteiger charge is 2.31. The topological polar surface area (TPSA) is 73.4 Å². The molecule has 0 atom stereocenters. The van der Waals surface area contributed by atoms with Crippen LogP contribution in [-0.2, 0) is 0 Å². The first-order valence-electron chi connectivity index (χ1n) is 6.50. The molecule has 1 aromatic carbocycles. The van der Waals surface area contributed by atoms with E-state index in [-0.39, 0.29) is 16.8 Å². The van der Waals surface area contributed by atoms with Crippen molar-refractivity contribution in [3.63, 3.8) is 0 Å². The van der Waals surface area contributed by atoms with Crippen LogP contribution in [0.5, 0.6) is 0 Å². The summed E-state index contributed by atoms with van der Waals surface area (Å²) in [7, 11) is 2.09. The molecule has 6 nitrogen and oxygen atoms in total. The molecule has 106 valence electrons. The van der Waals surface area contributed by atoms with Crippen LogP contribution in [0.25, 0.3) is 0 Å². The number of nitriles is 1. The summed E-state index contributed by atoms with van der Waals surface area (Å²) in [6, 6.07) is 6.66. The minimum absolute atomic E-state index is 0.0346. The molecule has 6 heteroatoms. The number of nitro groups is 1.